The number of nitrogens with one attached hydrogen (secondary N) is 1. The first-order chi connectivity index (χ1) is 9.15. The van der Waals surface area contributed by atoms with E-state index in [9.17, 15) is 4.79 Å². The van der Waals surface area contributed by atoms with Crippen LogP contribution in [0.25, 0.3) is 0 Å². The molecule has 0 fully saturated rings. The molecule has 0 heterocycles. The highest BCUT2D eigenvalue weighted by atomic mass is 16.5. The van der Waals surface area contributed by atoms with Gasteiger partial charge in [0.1, 0.15) is 5.75 Å². The van der Waals surface area contributed by atoms with Crippen molar-refractivity contribution in [2.45, 2.75) is 38.7 Å². The van der Waals surface area contributed by atoms with E-state index in [1.165, 1.54) is 17.5 Å². The van der Waals surface area contributed by atoms with Gasteiger partial charge in [0.05, 0.1) is 6.10 Å². The predicted octanol–water partition coefficient (Wildman–Crippen LogP) is 1.44. The van der Waals surface area contributed by atoms with Crippen LogP contribution < -0.4 is 10.1 Å². The van der Waals surface area contributed by atoms with Crippen molar-refractivity contribution in [3.63, 3.8) is 0 Å². The van der Waals surface area contributed by atoms with Crippen molar-refractivity contribution in [3.05, 3.63) is 29.3 Å². The minimum atomic E-state index is -0.391. The van der Waals surface area contributed by atoms with Crippen molar-refractivity contribution < 1.29 is 14.6 Å². The van der Waals surface area contributed by atoms with Gasteiger partial charge in [0.2, 0.25) is 0 Å². The zero-order valence-corrected chi connectivity index (χ0v) is 11.3. The molecule has 2 N–H and O–H groups in total. The van der Waals surface area contributed by atoms with Crippen LogP contribution in [0, 0.1) is 0 Å². The number of hydrogen-bond donors (Lipinski definition) is 2. The molecule has 4 heteroatoms. The van der Waals surface area contributed by atoms with Crippen LogP contribution in [0.15, 0.2) is 18.2 Å². The molecule has 0 spiro atoms. The second-order valence-corrected chi connectivity index (χ2v) is 5.06. The average molecular weight is 263 g/mol. The molecule has 19 heavy (non-hydrogen) atoms. The van der Waals surface area contributed by atoms with E-state index in [1.807, 2.05) is 12.1 Å². The SMILES string of the molecule is CC(O)CCNC(=O)COc1ccc2c(c1)CCC2. The fourth-order valence-corrected chi connectivity index (χ4v) is 2.26. The molecule has 1 unspecified atom stereocenters. The Kier molecular flexibility index (Phi) is 4.80. The third-order valence-corrected chi connectivity index (χ3v) is 3.32. The molecule has 1 atom stereocenters. The fourth-order valence-electron chi connectivity index (χ4n) is 2.26. The summed E-state index contributed by atoms with van der Waals surface area (Å²) < 4.78 is 5.48. The number of benzene rings is 1. The van der Waals surface area contributed by atoms with Gasteiger partial charge in [0.25, 0.3) is 5.91 Å². The van der Waals surface area contributed by atoms with Crippen molar-refractivity contribution >= 4 is 5.91 Å². The maximum Gasteiger partial charge on any atom is 0.257 e. The molecule has 0 aromatic heterocycles. The Morgan fingerprint density at radius 3 is 3.00 bits per heavy atom. The van der Waals surface area contributed by atoms with Crippen LogP contribution in [0.1, 0.15) is 30.9 Å². The van der Waals surface area contributed by atoms with Gasteiger partial charge in [-0.3, -0.25) is 4.79 Å². The molecule has 104 valence electrons. The number of carbonyl (C=O) groups excluding carboxylic acids is 1. The van der Waals surface area contributed by atoms with Crippen molar-refractivity contribution in [2.75, 3.05) is 13.2 Å². The summed E-state index contributed by atoms with van der Waals surface area (Å²) in [5.41, 5.74) is 2.74. The van der Waals surface area contributed by atoms with Gasteiger partial charge in [0.15, 0.2) is 6.61 Å². The number of ether oxygens (including phenoxy) is 1. The summed E-state index contributed by atoms with van der Waals surface area (Å²) in [6, 6.07) is 6.04. The Bertz CT molecular complexity index is 443. The van der Waals surface area contributed by atoms with Gasteiger partial charge >= 0.3 is 0 Å². The first-order valence-electron chi connectivity index (χ1n) is 6.84. The lowest BCUT2D eigenvalue weighted by Gasteiger charge is -2.09. The summed E-state index contributed by atoms with van der Waals surface area (Å²) in [5, 5.41) is 11.8. The Morgan fingerprint density at radius 1 is 1.42 bits per heavy atom. The molecular weight excluding hydrogens is 242 g/mol. The number of aliphatic hydroxyl groups is 1. The second kappa shape index (κ2) is 6.57. The zero-order chi connectivity index (χ0) is 13.7. The highest BCUT2D eigenvalue weighted by molar-refractivity contribution is 5.77. The van der Waals surface area contributed by atoms with E-state index in [1.54, 1.807) is 6.92 Å². The smallest absolute Gasteiger partial charge is 0.257 e. The summed E-state index contributed by atoms with van der Waals surface area (Å²) >= 11 is 0. The number of aryl methyl sites for hydroxylation is 2. The molecule has 1 aromatic rings. The third kappa shape index (κ3) is 4.24. The third-order valence-electron chi connectivity index (χ3n) is 3.32. The molecular formula is C15H21NO3. The standard InChI is InChI=1S/C15H21NO3/c1-11(17)7-8-16-15(18)10-19-14-6-5-12-3-2-4-13(12)9-14/h5-6,9,11,17H,2-4,7-8,10H2,1H3,(H,16,18). The second-order valence-electron chi connectivity index (χ2n) is 5.06. The van der Waals surface area contributed by atoms with Crippen molar-refractivity contribution in [2.24, 2.45) is 0 Å². The Balaban J connectivity index is 1.74. The molecule has 0 saturated heterocycles. The Hall–Kier alpha value is -1.55. The van der Waals surface area contributed by atoms with E-state index in [2.05, 4.69) is 11.4 Å². The number of carbonyl (C=O) groups is 1. The van der Waals surface area contributed by atoms with E-state index in [4.69, 9.17) is 9.84 Å². The number of hydrogen-bond acceptors (Lipinski definition) is 3. The minimum Gasteiger partial charge on any atom is -0.484 e. The largest absolute Gasteiger partial charge is 0.484 e. The van der Waals surface area contributed by atoms with Crippen LogP contribution in [-0.4, -0.2) is 30.3 Å². The molecule has 0 aliphatic heterocycles. The number of fused-ring (bicyclic) bond motifs is 1. The molecule has 0 saturated carbocycles. The van der Waals surface area contributed by atoms with Gasteiger partial charge < -0.3 is 15.2 Å². The van der Waals surface area contributed by atoms with Crippen LogP contribution in [0.5, 0.6) is 5.75 Å². The minimum absolute atomic E-state index is 0.0264. The lowest BCUT2D eigenvalue weighted by molar-refractivity contribution is -0.123. The van der Waals surface area contributed by atoms with E-state index in [0.29, 0.717) is 13.0 Å². The molecule has 4 nitrogen and oxygen atoms in total. The zero-order valence-electron chi connectivity index (χ0n) is 11.3. The fraction of sp³-hybridized carbons (Fsp3) is 0.533. The Labute approximate surface area is 113 Å². The summed E-state index contributed by atoms with van der Waals surface area (Å²) in [6.07, 6.45) is 3.63. The van der Waals surface area contributed by atoms with Gasteiger partial charge in [0, 0.05) is 6.54 Å². The lowest BCUT2D eigenvalue weighted by Crippen LogP contribution is -2.31. The molecule has 1 aliphatic rings. The van der Waals surface area contributed by atoms with E-state index in [0.717, 1.165) is 18.6 Å². The van der Waals surface area contributed by atoms with Gasteiger partial charge in [-0.15, -0.1) is 0 Å². The summed E-state index contributed by atoms with van der Waals surface area (Å²) in [7, 11) is 0. The molecule has 1 aromatic carbocycles. The van der Waals surface area contributed by atoms with Gasteiger partial charge in [-0.1, -0.05) is 6.07 Å². The van der Waals surface area contributed by atoms with Gasteiger partial charge in [-0.25, -0.2) is 0 Å². The van der Waals surface area contributed by atoms with Crippen LogP contribution in [0.2, 0.25) is 0 Å². The summed E-state index contributed by atoms with van der Waals surface area (Å²) in [6.45, 7) is 2.20. The molecule has 0 radical (unpaired) electrons. The molecule has 2 rings (SSSR count). The molecule has 0 bridgehead atoms. The lowest BCUT2D eigenvalue weighted by atomic mass is 10.1. The van der Waals surface area contributed by atoms with E-state index < -0.39 is 6.10 Å². The molecule has 1 aliphatic carbocycles. The first kappa shape index (κ1) is 13.9. The summed E-state index contributed by atoms with van der Waals surface area (Å²) in [4.78, 5) is 11.5. The monoisotopic (exact) mass is 263 g/mol. The highest BCUT2D eigenvalue weighted by Gasteiger charge is 2.11. The van der Waals surface area contributed by atoms with Gasteiger partial charge in [-0.05, 0) is 55.9 Å². The maximum absolute atomic E-state index is 11.5. The van der Waals surface area contributed by atoms with E-state index >= 15 is 0 Å². The highest BCUT2D eigenvalue weighted by Crippen LogP contribution is 2.25. The van der Waals surface area contributed by atoms with Crippen LogP contribution >= 0.6 is 0 Å². The number of amides is 1. The van der Waals surface area contributed by atoms with Crippen LogP contribution in [0.3, 0.4) is 0 Å². The first-order valence-corrected chi connectivity index (χ1v) is 6.84. The molecule has 1 amide bonds. The number of rotatable bonds is 6. The predicted molar refractivity (Wildman–Crippen MR) is 73.3 cm³/mol. The maximum atomic E-state index is 11.5. The average Bonchev–Trinajstić information content (AvgIpc) is 2.83. The van der Waals surface area contributed by atoms with Gasteiger partial charge in [-0.2, -0.15) is 0 Å². The Morgan fingerprint density at radius 2 is 2.21 bits per heavy atom. The summed E-state index contributed by atoms with van der Waals surface area (Å²) in [5.74, 6) is 0.604. The normalized spacial score (nSPS) is 14.8. The van der Waals surface area contributed by atoms with E-state index in [-0.39, 0.29) is 12.5 Å². The van der Waals surface area contributed by atoms with Crippen LogP contribution in [-0.2, 0) is 17.6 Å². The van der Waals surface area contributed by atoms with Crippen molar-refractivity contribution in [1.29, 1.82) is 0 Å². The van der Waals surface area contributed by atoms with Crippen LogP contribution in [0.4, 0.5) is 0 Å². The van der Waals surface area contributed by atoms with Crippen molar-refractivity contribution in [1.82, 2.24) is 5.32 Å². The quantitative estimate of drug-likeness (QED) is 0.816. The number of aliphatic hydroxyl groups excluding tert-OH is 1. The van der Waals surface area contributed by atoms with Crippen molar-refractivity contribution in [3.8, 4) is 5.75 Å². The topological polar surface area (TPSA) is 58.6 Å².